The van der Waals surface area contributed by atoms with Gasteiger partial charge in [0.25, 0.3) is 0 Å². The first-order valence-corrected chi connectivity index (χ1v) is 6.10. The van der Waals surface area contributed by atoms with E-state index in [4.69, 9.17) is 9.47 Å². The van der Waals surface area contributed by atoms with E-state index in [0.717, 1.165) is 16.7 Å². The molecule has 0 radical (unpaired) electrons. The average Bonchev–Trinajstić information content (AvgIpc) is 2.41. The lowest BCUT2D eigenvalue weighted by Gasteiger charge is -2.28. The normalized spacial score (nSPS) is 24.1. The minimum atomic E-state index is -0.460. The molecule has 2 heterocycles. The molecule has 2 aromatic rings. The Balaban J connectivity index is 1.81. The predicted octanol–water partition coefficient (Wildman–Crippen LogP) is 1.76. The minimum absolute atomic E-state index is 0.292. The maximum absolute atomic E-state index is 9.82. The van der Waals surface area contributed by atoms with Crippen LogP contribution >= 0.6 is 0 Å². The summed E-state index contributed by atoms with van der Waals surface area (Å²) in [6.45, 7) is 1.03. The summed E-state index contributed by atoms with van der Waals surface area (Å²) in [6, 6.07) is 9.65. The second-order valence-electron chi connectivity index (χ2n) is 4.45. The van der Waals surface area contributed by atoms with Crippen LogP contribution in [0.2, 0.25) is 0 Å². The lowest BCUT2D eigenvalue weighted by molar-refractivity contribution is -0.0734. The van der Waals surface area contributed by atoms with Crippen molar-refractivity contribution in [3.05, 3.63) is 36.5 Å². The Morgan fingerprint density at radius 3 is 3.17 bits per heavy atom. The topological polar surface area (TPSA) is 51.6 Å². The van der Waals surface area contributed by atoms with Gasteiger partial charge in [0.1, 0.15) is 11.9 Å². The van der Waals surface area contributed by atoms with Crippen LogP contribution in [0.25, 0.3) is 10.9 Å². The molecule has 1 aliphatic rings. The van der Waals surface area contributed by atoms with Gasteiger partial charge in [-0.15, -0.1) is 0 Å². The Hall–Kier alpha value is -1.65. The molecule has 2 unspecified atom stereocenters. The van der Waals surface area contributed by atoms with Crippen molar-refractivity contribution in [3.63, 3.8) is 0 Å². The maximum atomic E-state index is 9.82. The van der Waals surface area contributed by atoms with E-state index in [1.54, 1.807) is 6.20 Å². The molecule has 1 fully saturated rings. The number of nitrogens with zero attached hydrogens (tertiary/aromatic N) is 1. The molecule has 2 atom stereocenters. The van der Waals surface area contributed by atoms with Crippen LogP contribution in [-0.2, 0) is 4.74 Å². The molecule has 1 aromatic heterocycles. The molecule has 4 heteroatoms. The summed E-state index contributed by atoms with van der Waals surface area (Å²) in [6.07, 6.45) is 1.62. The molecule has 0 saturated carbocycles. The van der Waals surface area contributed by atoms with Gasteiger partial charge in [-0.2, -0.15) is 0 Å². The van der Waals surface area contributed by atoms with Gasteiger partial charge in [-0.3, -0.25) is 4.98 Å². The van der Waals surface area contributed by atoms with Gasteiger partial charge < -0.3 is 14.6 Å². The molecule has 18 heavy (non-hydrogen) atoms. The van der Waals surface area contributed by atoms with E-state index in [9.17, 15) is 5.11 Å². The van der Waals surface area contributed by atoms with Crippen molar-refractivity contribution in [2.45, 2.75) is 18.6 Å². The molecule has 1 aromatic carbocycles. The highest BCUT2D eigenvalue weighted by Crippen LogP contribution is 2.22. The van der Waals surface area contributed by atoms with Gasteiger partial charge >= 0.3 is 0 Å². The minimum Gasteiger partial charge on any atom is -0.485 e. The molecule has 1 N–H and O–H groups in total. The highest BCUT2D eigenvalue weighted by Gasteiger charge is 2.25. The Bertz CT molecular complexity index is 543. The van der Waals surface area contributed by atoms with E-state index in [0.29, 0.717) is 19.6 Å². The fraction of sp³-hybridized carbons (Fsp3) is 0.357. The molecule has 0 aliphatic carbocycles. The molecule has 0 amide bonds. The molecule has 4 nitrogen and oxygen atoms in total. The zero-order valence-corrected chi connectivity index (χ0v) is 9.95. The van der Waals surface area contributed by atoms with E-state index in [1.807, 2.05) is 30.3 Å². The summed E-state index contributed by atoms with van der Waals surface area (Å²) >= 11 is 0. The Kier molecular flexibility index (Phi) is 3.13. The summed E-state index contributed by atoms with van der Waals surface area (Å²) < 4.78 is 11.1. The van der Waals surface area contributed by atoms with Gasteiger partial charge in [0.15, 0.2) is 0 Å². The SMILES string of the molecule is OC1CCOCC1Oc1ccc2cccnc2c1. The maximum Gasteiger partial charge on any atom is 0.148 e. The van der Waals surface area contributed by atoms with Gasteiger partial charge in [-0.25, -0.2) is 0 Å². The number of fused-ring (bicyclic) bond motifs is 1. The van der Waals surface area contributed by atoms with Crippen molar-refractivity contribution < 1.29 is 14.6 Å². The number of hydrogen-bond acceptors (Lipinski definition) is 4. The standard InChI is InChI=1S/C14H15NO3/c16-13-5-7-17-9-14(13)18-11-4-3-10-2-1-6-15-12(10)8-11/h1-4,6,8,13-14,16H,5,7,9H2. The summed E-state index contributed by atoms with van der Waals surface area (Å²) in [5, 5.41) is 10.9. The largest absolute Gasteiger partial charge is 0.485 e. The van der Waals surface area contributed by atoms with Gasteiger partial charge in [-0.05, 0) is 18.2 Å². The second-order valence-corrected chi connectivity index (χ2v) is 4.45. The second kappa shape index (κ2) is 4.92. The number of aromatic nitrogens is 1. The third-order valence-corrected chi connectivity index (χ3v) is 3.13. The monoisotopic (exact) mass is 245 g/mol. The quantitative estimate of drug-likeness (QED) is 0.876. The lowest BCUT2D eigenvalue weighted by atomic mass is 10.1. The van der Waals surface area contributed by atoms with Crippen LogP contribution in [0, 0.1) is 0 Å². The van der Waals surface area contributed by atoms with E-state index < -0.39 is 6.10 Å². The zero-order valence-electron chi connectivity index (χ0n) is 9.95. The molecule has 0 bridgehead atoms. The number of aliphatic hydroxyl groups excluding tert-OH is 1. The van der Waals surface area contributed by atoms with Crippen molar-refractivity contribution in [2.24, 2.45) is 0 Å². The highest BCUT2D eigenvalue weighted by atomic mass is 16.5. The number of ether oxygens (including phenoxy) is 2. The number of aliphatic hydroxyl groups is 1. The van der Waals surface area contributed by atoms with Crippen molar-refractivity contribution in [3.8, 4) is 5.75 Å². The van der Waals surface area contributed by atoms with Gasteiger partial charge in [0.05, 0.1) is 18.2 Å². The number of benzene rings is 1. The fourth-order valence-corrected chi connectivity index (χ4v) is 2.11. The first kappa shape index (κ1) is 11.4. The van der Waals surface area contributed by atoms with Crippen molar-refractivity contribution >= 4 is 10.9 Å². The summed E-state index contributed by atoms with van der Waals surface area (Å²) in [7, 11) is 0. The molecular formula is C14H15NO3. The fourth-order valence-electron chi connectivity index (χ4n) is 2.11. The summed E-state index contributed by atoms with van der Waals surface area (Å²) in [5.74, 6) is 0.718. The smallest absolute Gasteiger partial charge is 0.148 e. The Morgan fingerprint density at radius 1 is 1.33 bits per heavy atom. The van der Waals surface area contributed by atoms with Crippen LogP contribution in [0.5, 0.6) is 5.75 Å². The molecular weight excluding hydrogens is 230 g/mol. The van der Waals surface area contributed by atoms with Crippen LogP contribution in [0.4, 0.5) is 0 Å². The van der Waals surface area contributed by atoms with E-state index >= 15 is 0 Å². The van der Waals surface area contributed by atoms with Crippen LogP contribution < -0.4 is 4.74 Å². The third-order valence-electron chi connectivity index (χ3n) is 3.13. The number of pyridine rings is 1. The molecule has 0 spiro atoms. The summed E-state index contributed by atoms with van der Waals surface area (Å²) in [5.41, 5.74) is 0.890. The third kappa shape index (κ3) is 2.30. The van der Waals surface area contributed by atoms with Crippen LogP contribution in [0.15, 0.2) is 36.5 Å². The van der Waals surface area contributed by atoms with Crippen LogP contribution in [0.3, 0.4) is 0 Å². The first-order valence-electron chi connectivity index (χ1n) is 6.10. The number of rotatable bonds is 2. The van der Waals surface area contributed by atoms with Gasteiger partial charge in [0, 0.05) is 30.7 Å². The lowest BCUT2D eigenvalue weighted by Crippen LogP contribution is -2.40. The van der Waals surface area contributed by atoms with Crippen molar-refractivity contribution in [2.75, 3.05) is 13.2 Å². The van der Waals surface area contributed by atoms with Gasteiger partial charge in [-0.1, -0.05) is 6.07 Å². The zero-order chi connectivity index (χ0) is 12.4. The van der Waals surface area contributed by atoms with E-state index in [1.165, 1.54) is 0 Å². The molecule has 94 valence electrons. The number of hydrogen-bond donors (Lipinski definition) is 1. The van der Waals surface area contributed by atoms with Crippen LogP contribution in [0.1, 0.15) is 6.42 Å². The Labute approximate surface area is 105 Å². The van der Waals surface area contributed by atoms with Crippen LogP contribution in [-0.4, -0.2) is 35.5 Å². The van der Waals surface area contributed by atoms with Crippen molar-refractivity contribution in [1.29, 1.82) is 0 Å². The Morgan fingerprint density at radius 2 is 2.28 bits per heavy atom. The molecule has 1 saturated heterocycles. The van der Waals surface area contributed by atoms with Gasteiger partial charge in [0.2, 0.25) is 0 Å². The van der Waals surface area contributed by atoms with E-state index in [2.05, 4.69) is 4.98 Å². The summed E-state index contributed by atoms with van der Waals surface area (Å²) in [4.78, 5) is 4.28. The average molecular weight is 245 g/mol. The first-order chi connectivity index (χ1) is 8.83. The van der Waals surface area contributed by atoms with Crippen molar-refractivity contribution in [1.82, 2.24) is 4.98 Å². The van der Waals surface area contributed by atoms with E-state index in [-0.39, 0.29) is 6.10 Å². The predicted molar refractivity (Wildman–Crippen MR) is 67.6 cm³/mol. The highest BCUT2D eigenvalue weighted by molar-refractivity contribution is 5.79. The molecule has 3 rings (SSSR count). The molecule has 1 aliphatic heterocycles.